The summed E-state index contributed by atoms with van der Waals surface area (Å²) in [5.41, 5.74) is 5.59. The second-order valence-electron chi connectivity index (χ2n) is 3.87. The number of rotatable bonds is 4. The molecular weight excluding hydrogens is 229 g/mol. The fraction of sp³-hybridized carbons (Fsp3) is 0.455. The molecule has 0 heterocycles. The maximum Gasteiger partial charge on any atom is 0.180 e. The highest BCUT2D eigenvalue weighted by molar-refractivity contribution is 7.92. The van der Waals surface area contributed by atoms with Crippen molar-refractivity contribution in [3.8, 4) is 0 Å². The first-order valence-electron chi connectivity index (χ1n) is 5.07. The van der Waals surface area contributed by atoms with Crippen LogP contribution in [0.4, 0.5) is 4.39 Å². The summed E-state index contributed by atoms with van der Waals surface area (Å²) in [4.78, 5) is 0.218. The minimum Gasteiger partial charge on any atom is -0.327 e. The lowest BCUT2D eigenvalue weighted by atomic mass is 10.1. The van der Waals surface area contributed by atoms with Gasteiger partial charge in [-0.3, -0.25) is 0 Å². The van der Waals surface area contributed by atoms with E-state index in [0.29, 0.717) is 5.56 Å². The molecule has 16 heavy (non-hydrogen) atoms. The average molecular weight is 245 g/mol. The zero-order chi connectivity index (χ0) is 12.3. The summed E-state index contributed by atoms with van der Waals surface area (Å²) in [5.74, 6) is 0. The van der Waals surface area contributed by atoms with Crippen molar-refractivity contribution >= 4 is 9.84 Å². The maximum absolute atomic E-state index is 13.2. The second kappa shape index (κ2) is 4.93. The molecule has 1 aromatic carbocycles. The molecule has 1 unspecified atom stereocenters. The average Bonchev–Trinajstić information content (AvgIpc) is 2.28. The topological polar surface area (TPSA) is 60.2 Å². The molecule has 0 fully saturated rings. The summed E-state index contributed by atoms with van der Waals surface area (Å²) in [6.07, 6.45) is -1.24. The van der Waals surface area contributed by atoms with E-state index in [-0.39, 0.29) is 11.4 Å². The van der Waals surface area contributed by atoms with Gasteiger partial charge in [-0.05, 0) is 31.5 Å². The SMILES string of the molecule is CC(C)S(=O)(=O)c1ccc(C(F)CN)cc1. The number of nitrogens with two attached hydrogens (primary N) is 1. The van der Waals surface area contributed by atoms with Crippen LogP contribution in [-0.4, -0.2) is 20.2 Å². The number of hydrogen-bond donors (Lipinski definition) is 1. The molecule has 1 aromatic rings. The van der Waals surface area contributed by atoms with Crippen LogP contribution in [0.5, 0.6) is 0 Å². The van der Waals surface area contributed by atoms with Crippen LogP contribution in [0.1, 0.15) is 25.6 Å². The van der Waals surface area contributed by atoms with E-state index in [9.17, 15) is 12.8 Å². The van der Waals surface area contributed by atoms with Crippen molar-refractivity contribution in [1.82, 2.24) is 0 Å². The van der Waals surface area contributed by atoms with Gasteiger partial charge in [0.25, 0.3) is 0 Å². The Kier molecular flexibility index (Phi) is 4.04. The molecule has 0 saturated heterocycles. The van der Waals surface area contributed by atoms with Crippen LogP contribution in [0.15, 0.2) is 29.2 Å². The summed E-state index contributed by atoms with van der Waals surface area (Å²) in [5, 5.41) is -0.478. The smallest absolute Gasteiger partial charge is 0.180 e. The van der Waals surface area contributed by atoms with Gasteiger partial charge in [0.1, 0.15) is 6.17 Å². The van der Waals surface area contributed by atoms with E-state index < -0.39 is 21.3 Å². The lowest BCUT2D eigenvalue weighted by Crippen LogP contribution is -2.14. The Hall–Kier alpha value is -0.940. The lowest BCUT2D eigenvalue weighted by Gasteiger charge is -2.09. The van der Waals surface area contributed by atoms with Gasteiger partial charge in [0.2, 0.25) is 0 Å². The zero-order valence-corrected chi connectivity index (χ0v) is 10.2. The van der Waals surface area contributed by atoms with Gasteiger partial charge in [-0.15, -0.1) is 0 Å². The van der Waals surface area contributed by atoms with Gasteiger partial charge in [-0.1, -0.05) is 12.1 Å². The first kappa shape index (κ1) is 13.1. The van der Waals surface area contributed by atoms with E-state index in [1.54, 1.807) is 13.8 Å². The third-order valence-electron chi connectivity index (χ3n) is 2.40. The summed E-state index contributed by atoms with van der Waals surface area (Å²) >= 11 is 0. The van der Waals surface area contributed by atoms with Crippen LogP contribution in [0, 0.1) is 0 Å². The minimum absolute atomic E-state index is 0.101. The van der Waals surface area contributed by atoms with Crippen molar-refractivity contribution in [3.05, 3.63) is 29.8 Å². The van der Waals surface area contributed by atoms with Gasteiger partial charge in [0.15, 0.2) is 9.84 Å². The van der Waals surface area contributed by atoms with Gasteiger partial charge >= 0.3 is 0 Å². The molecule has 5 heteroatoms. The van der Waals surface area contributed by atoms with E-state index in [0.717, 1.165) is 0 Å². The van der Waals surface area contributed by atoms with Crippen molar-refractivity contribution in [2.45, 2.75) is 30.2 Å². The predicted molar refractivity (Wildman–Crippen MR) is 61.7 cm³/mol. The van der Waals surface area contributed by atoms with Crippen LogP contribution >= 0.6 is 0 Å². The highest BCUT2D eigenvalue weighted by Crippen LogP contribution is 2.20. The van der Waals surface area contributed by atoms with Crippen molar-refractivity contribution in [3.63, 3.8) is 0 Å². The van der Waals surface area contributed by atoms with Crippen molar-refractivity contribution in [2.75, 3.05) is 6.54 Å². The van der Waals surface area contributed by atoms with E-state index in [4.69, 9.17) is 5.73 Å². The fourth-order valence-electron chi connectivity index (χ4n) is 1.27. The summed E-state index contributed by atoms with van der Waals surface area (Å²) in [6.45, 7) is 3.12. The summed E-state index contributed by atoms with van der Waals surface area (Å²) in [6, 6.07) is 5.78. The molecule has 0 aliphatic rings. The van der Waals surface area contributed by atoms with E-state index in [1.165, 1.54) is 24.3 Å². The zero-order valence-electron chi connectivity index (χ0n) is 9.35. The largest absolute Gasteiger partial charge is 0.327 e. The molecule has 0 spiro atoms. The van der Waals surface area contributed by atoms with Crippen molar-refractivity contribution in [2.24, 2.45) is 5.73 Å². The Morgan fingerprint density at radius 1 is 1.25 bits per heavy atom. The standard InChI is InChI=1S/C11H16FNO2S/c1-8(2)16(14,15)10-5-3-9(4-6-10)11(12)7-13/h3-6,8,11H,7,13H2,1-2H3. The van der Waals surface area contributed by atoms with Gasteiger partial charge < -0.3 is 5.73 Å². The monoisotopic (exact) mass is 245 g/mol. The first-order chi connectivity index (χ1) is 7.39. The van der Waals surface area contributed by atoms with E-state index >= 15 is 0 Å². The number of hydrogen-bond acceptors (Lipinski definition) is 3. The maximum atomic E-state index is 13.2. The number of sulfone groups is 1. The summed E-state index contributed by atoms with van der Waals surface area (Å²) in [7, 11) is -3.28. The van der Waals surface area contributed by atoms with Crippen LogP contribution < -0.4 is 5.73 Å². The van der Waals surface area contributed by atoms with Gasteiger partial charge in [-0.25, -0.2) is 12.8 Å². The third-order valence-corrected chi connectivity index (χ3v) is 4.57. The Balaban J connectivity index is 3.05. The van der Waals surface area contributed by atoms with E-state index in [1.807, 2.05) is 0 Å². The molecule has 3 nitrogen and oxygen atoms in total. The van der Waals surface area contributed by atoms with Crippen molar-refractivity contribution in [1.29, 1.82) is 0 Å². The molecule has 0 aromatic heterocycles. The van der Waals surface area contributed by atoms with Crippen LogP contribution in [0.2, 0.25) is 0 Å². The third kappa shape index (κ3) is 2.59. The van der Waals surface area contributed by atoms with Crippen LogP contribution in [-0.2, 0) is 9.84 Å². The Bertz CT molecular complexity index is 440. The van der Waals surface area contributed by atoms with Gasteiger partial charge in [0, 0.05) is 6.54 Å². The Morgan fingerprint density at radius 2 is 1.75 bits per heavy atom. The molecule has 0 amide bonds. The Morgan fingerprint density at radius 3 is 2.12 bits per heavy atom. The van der Waals surface area contributed by atoms with Crippen LogP contribution in [0.3, 0.4) is 0 Å². The normalized spacial score (nSPS) is 14.1. The highest BCUT2D eigenvalue weighted by atomic mass is 32.2. The molecule has 2 N–H and O–H groups in total. The molecule has 1 atom stereocenters. The molecule has 0 radical (unpaired) electrons. The quantitative estimate of drug-likeness (QED) is 0.880. The molecular formula is C11H16FNO2S. The lowest BCUT2D eigenvalue weighted by molar-refractivity contribution is 0.353. The highest BCUT2D eigenvalue weighted by Gasteiger charge is 2.19. The number of halogens is 1. The number of alkyl halides is 1. The van der Waals surface area contributed by atoms with Crippen molar-refractivity contribution < 1.29 is 12.8 Å². The Labute approximate surface area is 95.4 Å². The molecule has 0 bridgehead atoms. The molecule has 90 valence electrons. The predicted octanol–water partition coefficient (Wildman–Crippen LogP) is 1.84. The minimum atomic E-state index is -3.28. The fourth-order valence-corrected chi connectivity index (χ4v) is 2.33. The molecule has 0 aliphatic carbocycles. The molecule has 0 aliphatic heterocycles. The second-order valence-corrected chi connectivity index (χ2v) is 6.37. The van der Waals surface area contributed by atoms with Gasteiger partial charge in [-0.2, -0.15) is 0 Å². The number of benzene rings is 1. The van der Waals surface area contributed by atoms with Crippen LogP contribution in [0.25, 0.3) is 0 Å². The van der Waals surface area contributed by atoms with E-state index in [2.05, 4.69) is 0 Å². The van der Waals surface area contributed by atoms with Gasteiger partial charge in [0.05, 0.1) is 10.1 Å². The molecule has 0 saturated carbocycles. The molecule has 1 rings (SSSR count). The summed E-state index contributed by atoms with van der Waals surface area (Å²) < 4.78 is 36.7. The first-order valence-corrected chi connectivity index (χ1v) is 6.62.